The largest absolute Gasteiger partial charge is 0.398 e. The van der Waals surface area contributed by atoms with Crippen LogP contribution in [0.4, 0.5) is 15.8 Å². The van der Waals surface area contributed by atoms with Crippen molar-refractivity contribution < 1.29 is 12.8 Å². The fraction of sp³-hybridized carbons (Fsp3) is 0.0769. The fourth-order valence-electron chi connectivity index (χ4n) is 1.67. The summed E-state index contributed by atoms with van der Waals surface area (Å²) in [6.07, 6.45) is 0. The summed E-state index contributed by atoms with van der Waals surface area (Å²) in [5.74, 6) is -0.689. The summed E-state index contributed by atoms with van der Waals surface area (Å²) in [5.41, 5.74) is 6.59. The molecule has 0 amide bonds. The van der Waals surface area contributed by atoms with Gasteiger partial charge in [-0.05, 0) is 58.7 Å². The number of aryl methyl sites for hydroxylation is 1. The molecule has 0 aliphatic rings. The first-order valence-electron chi connectivity index (χ1n) is 5.74. The lowest BCUT2D eigenvalue weighted by atomic mass is 10.2. The monoisotopic (exact) mass is 392 g/mol. The molecule has 0 aromatic heterocycles. The first-order valence-corrected chi connectivity index (χ1v) is 8.39. The number of nitrogens with one attached hydrogen (secondary N) is 1. The highest BCUT2D eigenvalue weighted by Crippen LogP contribution is 2.31. The Bertz CT molecular complexity index is 812. The molecular formula is C13H11BrClFN2O2S. The number of hydrogen-bond donors (Lipinski definition) is 2. The van der Waals surface area contributed by atoms with E-state index in [1.54, 1.807) is 13.0 Å². The van der Waals surface area contributed by atoms with Crippen molar-refractivity contribution in [1.29, 1.82) is 0 Å². The van der Waals surface area contributed by atoms with Gasteiger partial charge in [0.15, 0.2) is 0 Å². The SMILES string of the molecule is Cc1cc(Br)c(NS(=O)(=O)c2cc(F)ccc2N)cc1Cl. The van der Waals surface area contributed by atoms with Crippen LogP contribution in [0.2, 0.25) is 5.02 Å². The van der Waals surface area contributed by atoms with E-state index in [1.165, 1.54) is 12.1 Å². The van der Waals surface area contributed by atoms with Gasteiger partial charge in [-0.25, -0.2) is 12.8 Å². The van der Waals surface area contributed by atoms with Gasteiger partial charge in [-0.2, -0.15) is 0 Å². The van der Waals surface area contributed by atoms with Crippen LogP contribution >= 0.6 is 27.5 Å². The summed E-state index contributed by atoms with van der Waals surface area (Å²) in [4.78, 5) is -0.328. The molecule has 0 spiro atoms. The molecule has 2 rings (SSSR count). The van der Waals surface area contributed by atoms with Gasteiger partial charge in [0.05, 0.1) is 11.4 Å². The van der Waals surface area contributed by atoms with Crippen LogP contribution in [0.3, 0.4) is 0 Å². The van der Waals surface area contributed by atoms with Gasteiger partial charge in [-0.15, -0.1) is 0 Å². The molecular weight excluding hydrogens is 383 g/mol. The number of anilines is 2. The van der Waals surface area contributed by atoms with Crippen LogP contribution in [0.15, 0.2) is 39.7 Å². The molecule has 112 valence electrons. The van der Waals surface area contributed by atoms with E-state index in [1.807, 2.05) is 0 Å². The molecule has 0 unspecified atom stereocenters. The molecule has 0 aliphatic heterocycles. The molecule has 2 aromatic carbocycles. The predicted molar refractivity (Wildman–Crippen MR) is 85.5 cm³/mol. The molecule has 0 fully saturated rings. The van der Waals surface area contributed by atoms with Crippen molar-refractivity contribution >= 4 is 48.9 Å². The number of rotatable bonds is 3. The van der Waals surface area contributed by atoms with Gasteiger partial charge in [0.1, 0.15) is 10.7 Å². The molecule has 0 saturated heterocycles. The molecule has 0 atom stereocenters. The van der Waals surface area contributed by atoms with Crippen molar-refractivity contribution in [3.8, 4) is 0 Å². The van der Waals surface area contributed by atoms with Crippen LogP contribution in [0.1, 0.15) is 5.56 Å². The van der Waals surface area contributed by atoms with Crippen LogP contribution in [0.25, 0.3) is 0 Å². The van der Waals surface area contributed by atoms with Crippen molar-refractivity contribution in [3.63, 3.8) is 0 Å². The van der Waals surface area contributed by atoms with Crippen LogP contribution in [-0.4, -0.2) is 8.42 Å². The van der Waals surface area contributed by atoms with Gasteiger partial charge in [0.2, 0.25) is 0 Å². The van der Waals surface area contributed by atoms with Crippen LogP contribution in [0, 0.1) is 12.7 Å². The summed E-state index contributed by atoms with van der Waals surface area (Å²) < 4.78 is 40.7. The third-order valence-electron chi connectivity index (χ3n) is 2.76. The Hall–Kier alpha value is -1.31. The van der Waals surface area contributed by atoms with Gasteiger partial charge in [0, 0.05) is 9.50 Å². The second-order valence-electron chi connectivity index (χ2n) is 4.37. The van der Waals surface area contributed by atoms with Crippen LogP contribution < -0.4 is 10.5 Å². The smallest absolute Gasteiger partial charge is 0.264 e. The minimum Gasteiger partial charge on any atom is -0.398 e. The highest BCUT2D eigenvalue weighted by Gasteiger charge is 2.20. The molecule has 8 heteroatoms. The summed E-state index contributed by atoms with van der Waals surface area (Å²) in [7, 11) is -4.02. The van der Waals surface area contributed by atoms with E-state index in [0.29, 0.717) is 9.50 Å². The summed E-state index contributed by atoms with van der Waals surface area (Å²) in [6, 6.07) is 6.29. The third-order valence-corrected chi connectivity index (χ3v) is 5.24. The third kappa shape index (κ3) is 3.48. The molecule has 0 aliphatic carbocycles. The van der Waals surface area contributed by atoms with E-state index in [-0.39, 0.29) is 16.3 Å². The Morgan fingerprint density at radius 3 is 2.62 bits per heavy atom. The lowest BCUT2D eigenvalue weighted by Crippen LogP contribution is -2.15. The van der Waals surface area contributed by atoms with Gasteiger partial charge >= 0.3 is 0 Å². The quantitative estimate of drug-likeness (QED) is 0.776. The van der Waals surface area contributed by atoms with Crippen molar-refractivity contribution in [2.24, 2.45) is 0 Å². The molecule has 0 radical (unpaired) electrons. The van der Waals surface area contributed by atoms with E-state index in [4.69, 9.17) is 17.3 Å². The highest BCUT2D eigenvalue weighted by molar-refractivity contribution is 9.10. The Morgan fingerprint density at radius 1 is 1.29 bits per heavy atom. The molecule has 2 aromatic rings. The van der Waals surface area contributed by atoms with Crippen molar-refractivity contribution in [2.45, 2.75) is 11.8 Å². The second kappa shape index (κ2) is 5.82. The number of nitrogens with two attached hydrogens (primary N) is 1. The molecule has 21 heavy (non-hydrogen) atoms. The highest BCUT2D eigenvalue weighted by atomic mass is 79.9. The lowest BCUT2D eigenvalue weighted by molar-refractivity contribution is 0.596. The fourth-order valence-corrected chi connectivity index (χ4v) is 3.73. The standard InChI is InChI=1S/C13H11BrClFN2O2S/c1-7-4-9(14)12(6-10(7)15)18-21(19,20)13-5-8(16)2-3-11(13)17/h2-6,18H,17H2,1H3. The van der Waals surface area contributed by atoms with Gasteiger partial charge < -0.3 is 5.73 Å². The van der Waals surface area contributed by atoms with E-state index >= 15 is 0 Å². The number of sulfonamides is 1. The topological polar surface area (TPSA) is 72.2 Å². The van der Waals surface area contributed by atoms with Crippen molar-refractivity contribution in [2.75, 3.05) is 10.5 Å². The normalized spacial score (nSPS) is 11.4. The Labute approximate surface area is 135 Å². The van der Waals surface area contributed by atoms with Crippen LogP contribution in [0.5, 0.6) is 0 Å². The minimum atomic E-state index is -4.02. The van der Waals surface area contributed by atoms with Gasteiger partial charge in [0.25, 0.3) is 10.0 Å². The zero-order chi connectivity index (χ0) is 15.8. The zero-order valence-corrected chi connectivity index (χ0v) is 14.0. The van der Waals surface area contributed by atoms with Crippen molar-refractivity contribution in [1.82, 2.24) is 0 Å². The zero-order valence-electron chi connectivity index (χ0n) is 10.8. The van der Waals surface area contributed by atoms with Gasteiger partial charge in [-0.3, -0.25) is 4.72 Å². The molecule has 4 nitrogen and oxygen atoms in total. The first kappa shape index (κ1) is 16.1. The maximum absolute atomic E-state index is 13.2. The second-order valence-corrected chi connectivity index (χ2v) is 7.28. The number of benzene rings is 2. The van der Waals surface area contributed by atoms with Crippen molar-refractivity contribution in [3.05, 3.63) is 51.2 Å². The average molecular weight is 394 g/mol. The minimum absolute atomic E-state index is 0.0433. The van der Waals surface area contributed by atoms with E-state index in [0.717, 1.165) is 17.7 Å². The van der Waals surface area contributed by atoms with Crippen LogP contribution in [-0.2, 0) is 10.0 Å². The number of nitrogen functional groups attached to an aromatic ring is 1. The Morgan fingerprint density at radius 2 is 1.95 bits per heavy atom. The molecule has 3 N–H and O–H groups in total. The van der Waals surface area contributed by atoms with E-state index in [2.05, 4.69) is 20.7 Å². The Kier molecular flexibility index (Phi) is 4.46. The molecule has 0 heterocycles. The summed E-state index contributed by atoms with van der Waals surface area (Å²) in [5, 5.41) is 0.406. The van der Waals surface area contributed by atoms with E-state index < -0.39 is 15.8 Å². The lowest BCUT2D eigenvalue weighted by Gasteiger charge is -2.13. The maximum Gasteiger partial charge on any atom is 0.264 e. The Balaban J connectivity index is 2.47. The predicted octanol–water partition coefficient (Wildman–Crippen LogP) is 3.93. The molecule has 0 saturated carbocycles. The summed E-state index contributed by atoms with van der Waals surface area (Å²) in [6.45, 7) is 1.79. The number of halogens is 3. The average Bonchev–Trinajstić information content (AvgIpc) is 2.38. The molecule has 0 bridgehead atoms. The van der Waals surface area contributed by atoms with Gasteiger partial charge in [-0.1, -0.05) is 11.6 Å². The summed E-state index contributed by atoms with van der Waals surface area (Å²) >= 11 is 9.23. The first-order chi connectivity index (χ1) is 9.70. The number of hydrogen-bond acceptors (Lipinski definition) is 3. The maximum atomic E-state index is 13.2. The van der Waals surface area contributed by atoms with E-state index in [9.17, 15) is 12.8 Å².